The van der Waals surface area contributed by atoms with Crippen LogP contribution in [0.4, 0.5) is 13.2 Å². The predicted octanol–water partition coefficient (Wildman–Crippen LogP) is 5.78. The molecule has 0 aliphatic heterocycles. The second kappa shape index (κ2) is 10.2. The van der Waals surface area contributed by atoms with Gasteiger partial charge in [-0.3, -0.25) is 14.8 Å². The molecule has 0 radical (unpaired) electrons. The van der Waals surface area contributed by atoms with E-state index < -0.39 is 12.0 Å². The number of aromatic nitrogens is 2. The van der Waals surface area contributed by atoms with Crippen LogP contribution in [0.5, 0.6) is 0 Å². The fraction of sp³-hybridized carbons (Fsp3) is 0.179. The van der Waals surface area contributed by atoms with Crippen molar-refractivity contribution in [2.24, 2.45) is 0 Å². The molecule has 0 aliphatic carbocycles. The van der Waals surface area contributed by atoms with Crippen LogP contribution in [-0.4, -0.2) is 27.0 Å². The minimum Gasteiger partial charge on any atom is -0.387 e. The van der Waals surface area contributed by atoms with Crippen molar-refractivity contribution in [1.29, 1.82) is 0 Å². The summed E-state index contributed by atoms with van der Waals surface area (Å²) in [7, 11) is 0. The summed E-state index contributed by atoms with van der Waals surface area (Å²) in [6.07, 6.45) is 1.67. The molecule has 35 heavy (non-hydrogen) atoms. The van der Waals surface area contributed by atoms with E-state index >= 15 is 0 Å². The van der Waals surface area contributed by atoms with E-state index in [0.29, 0.717) is 17.0 Å². The Bertz CT molecular complexity index is 1300. The number of rotatable bonds is 8. The maximum atomic E-state index is 13.9. The van der Waals surface area contributed by atoms with Crippen LogP contribution in [0.15, 0.2) is 85.2 Å². The minimum atomic E-state index is -3.34. The summed E-state index contributed by atoms with van der Waals surface area (Å²) in [5.74, 6) is -3.73. The van der Waals surface area contributed by atoms with E-state index in [-0.39, 0.29) is 30.0 Å². The zero-order valence-corrected chi connectivity index (χ0v) is 19.0. The quantitative estimate of drug-likeness (QED) is 0.350. The number of Topliss-reactive ketones (excluding diaryl/α,β-unsaturated/α-hetero) is 1. The van der Waals surface area contributed by atoms with Gasteiger partial charge in [0.25, 0.3) is 5.92 Å². The lowest BCUT2D eigenvalue weighted by molar-refractivity contribution is -0.117. The molecule has 4 rings (SSSR count). The lowest BCUT2D eigenvalue weighted by atomic mass is 9.98. The van der Waals surface area contributed by atoms with Crippen molar-refractivity contribution in [3.05, 3.63) is 108 Å². The second-order valence-corrected chi connectivity index (χ2v) is 8.35. The van der Waals surface area contributed by atoms with Crippen molar-refractivity contribution in [1.82, 2.24) is 9.97 Å². The molecule has 0 fully saturated rings. The number of halogens is 3. The first-order valence-electron chi connectivity index (χ1n) is 11.1. The third-order valence-electron chi connectivity index (χ3n) is 5.71. The monoisotopic (exact) mass is 476 g/mol. The minimum absolute atomic E-state index is 0.0562. The molecule has 0 aliphatic rings. The molecule has 4 nitrogen and oxygen atoms in total. The Morgan fingerprint density at radius 1 is 0.800 bits per heavy atom. The zero-order chi connectivity index (χ0) is 25.0. The molecule has 1 N–H and O–H groups in total. The summed E-state index contributed by atoms with van der Waals surface area (Å²) < 4.78 is 41.1. The first kappa shape index (κ1) is 24.3. The second-order valence-electron chi connectivity index (χ2n) is 8.35. The molecule has 0 saturated carbocycles. The van der Waals surface area contributed by atoms with Crippen LogP contribution >= 0.6 is 0 Å². The number of benzene rings is 3. The van der Waals surface area contributed by atoms with E-state index in [2.05, 4.69) is 9.97 Å². The summed E-state index contributed by atoms with van der Waals surface area (Å²) in [4.78, 5) is 21.4. The number of hydrogen-bond donors (Lipinski definition) is 1. The van der Waals surface area contributed by atoms with E-state index in [9.17, 15) is 23.1 Å². The van der Waals surface area contributed by atoms with E-state index in [1.165, 1.54) is 36.4 Å². The fourth-order valence-corrected chi connectivity index (χ4v) is 3.75. The van der Waals surface area contributed by atoms with Crippen molar-refractivity contribution in [2.45, 2.75) is 31.8 Å². The molecule has 0 amide bonds. The highest BCUT2D eigenvalue weighted by Gasteiger charge is 2.37. The molecule has 7 heteroatoms. The van der Waals surface area contributed by atoms with Gasteiger partial charge in [-0.1, -0.05) is 48.5 Å². The number of nitrogens with zero attached hydrogens (tertiary/aromatic N) is 2. The average molecular weight is 476 g/mol. The van der Waals surface area contributed by atoms with Gasteiger partial charge < -0.3 is 5.11 Å². The van der Waals surface area contributed by atoms with Gasteiger partial charge in [0.1, 0.15) is 17.7 Å². The normalized spacial score (nSPS) is 12.4. The first-order chi connectivity index (χ1) is 16.7. The van der Waals surface area contributed by atoms with E-state index in [1.807, 2.05) is 24.3 Å². The van der Waals surface area contributed by atoms with E-state index in [1.54, 1.807) is 24.5 Å². The van der Waals surface area contributed by atoms with Crippen LogP contribution in [0, 0.1) is 5.82 Å². The van der Waals surface area contributed by atoms with Gasteiger partial charge in [0.15, 0.2) is 0 Å². The SMILES string of the molecule is CC(O)C(F)(F)c1ccc(CC(=O)Cc2ccc(-c3nccnc3-c3ccc(F)cc3)cc2)cc1. The molecule has 1 heterocycles. The van der Waals surface area contributed by atoms with Crippen molar-refractivity contribution in [3.8, 4) is 22.5 Å². The lowest BCUT2D eigenvalue weighted by Crippen LogP contribution is -2.27. The third-order valence-corrected chi connectivity index (χ3v) is 5.71. The maximum Gasteiger partial charge on any atom is 0.298 e. The summed E-state index contributed by atoms with van der Waals surface area (Å²) in [6.45, 7) is 1.04. The molecule has 3 aromatic carbocycles. The van der Waals surface area contributed by atoms with Crippen LogP contribution in [0.3, 0.4) is 0 Å². The predicted molar refractivity (Wildman–Crippen MR) is 127 cm³/mol. The summed E-state index contributed by atoms with van der Waals surface area (Å²) in [5, 5.41) is 9.26. The van der Waals surface area contributed by atoms with E-state index in [4.69, 9.17) is 0 Å². The molecule has 178 valence electrons. The van der Waals surface area contributed by atoms with Crippen LogP contribution in [0.2, 0.25) is 0 Å². The Kier molecular flexibility index (Phi) is 7.07. The molecule has 4 aromatic rings. The van der Waals surface area contributed by atoms with Gasteiger partial charge >= 0.3 is 0 Å². The van der Waals surface area contributed by atoms with Crippen molar-refractivity contribution < 1.29 is 23.1 Å². The first-order valence-corrected chi connectivity index (χ1v) is 11.1. The van der Waals surface area contributed by atoms with Gasteiger partial charge in [0, 0.05) is 41.9 Å². The zero-order valence-electron chi connectivity index (χ0n) is 19.0. The number of ketones is 1. The molecule has 0 spiro atoms. The fourth-order valence-electron chi connectivity index (χ4n) is 3.75. The summed E-state index contributed by atoms with van der Waals surface area (Å²) >= 11 is 0. The van der Waals surface area contributed by atoms with Crippen LogP contribution in [-0.2, 0) is 23.6 Å². The van der Waals surface area contributed by atoms with Crippen molar-refractivity contribution in [3.63, 3.8) is 0 Å². The van der Waals surface area contributed by atoms with Crippen LogP contribution < -0.4 is 0 Å². The van der Waals surface area contributed by atoms with Crippen molar-refractivity contribution in [2.75, 3.05) is 0 Å². The number of alkyl halides is 2. The molecule has 0 bridgehead atoms. The smallest absolute Gasteiger partial charge is 0.298 e. The molecule has 1 atom stereocenters. The number of aliphatic hydroxyl groups is 1. The molecule has 1 unspecified atom stereocenters. The Morgan fingerprint density at radius 3 is 1.69 bits per heavy atom. The standard InChI is InChI=1S/C28H23F3N2O2/c1-18(34)28(30,31)23-10-4-20(5-11-23)17-25(35)16-19-2-6-21(7-3-19)26-27(33-15-14-32-26)22-8-12-24(29)13-9-22/h2-15,18,34H,16-17H2,1H3. The Hall–Kier alpha value is -3.84. The highest BCUT2D eigenvalue weighted by atomic mass is 19.3. The highest BCUT2D eigenvalue weighted by Crippen LogP contribution is 2.32. The third kappa shape index (κ3) is 5.63. The Morgan fingerprint density at radius 2 is 1.23 bits per heavy atom. The molecule has 0 saturated heterocycles. The Balaban J connectivity index is 1.44. The number of carbonyl (C=O) groups excluding carboxylic acids is 1. The van der Waals surface area contributed by atoms with Gasteiger partial charge in [-0.2, -0.15) is 8.78 Å². The molecular weight excluding hydrogens is 453 g/mol. The molecular formula is C28H23F3N2O2. The number of aliphatic hydroxyl groups excluding tert-OH is 1. The number of carbonyl (C=O) groups is 1. The average Bonchev–Trinajstić information content (AvgIpc) is 2.85. The Labute approximate surface area is 201 Å². The topological polar surface area (TPSA) is 63.1 Å². The highest BCUT2D eigenvalue weighted by molar-refractivity contribution is 5.83. The molecule has 1 aromatic heterocycles. The maximum absolute atomic E-state index is 13.9. The van der Waals surface area contributed by atoms with Gasteiger partial charge in [0.05, 0.1) is 11.4 Å². The van der Waals surface area contributed by atoms with Gasteiger partial charge in [-0.15, -0.1) is 0 Å². The lowest BCUT2D eigenvalue weighted by Gasteiger charge is -2.19. The van der Waals surface area contributed by atoms with Gasteiger partial charge in [0.2, 0.25) is 0 Å². The van der Waals surface area contributed by atoms with Gasteiger partial charge in [-0.05, 0) is 42.3 Å². The largest absolute Gasteiger partial charge is 0.387 e. The van der Waals surface area contributed by atoms with Gasteiger partial charge in [-0.25, -0.2) is 4.39 Å². The van der Waals surface area contributed by atoms with E-state index in [0.717, 1.165) is 23.6 Å². The summed E-state index contributed by atoms with van der Waals surface area (Å²) in [6, 6.07) is 18.9. The number of hydrogen-bond acceptors (Lipinski definition) is 4. The summed E-state index contributed by atoms with van der Waals surface area (Å²) in [5.41, 5.74) is 3.97. The van der Waals surface area contributed by atoms with Crippen molar-refractivity contribution >= 4 is 5.78 Å². The van der Waals surface area contributed by atoms with Crippen LogP contribution in [0.25, 0.3) is 22.5 Å². The van der Waals surface area contributed by atoms with Crippen LogP contribution in [0.1, 0.15) is 23.6 Å².